The van der Waals surface area contributed by atoms with E-state index >= 15 is 0 Å². The third-order valence-corrected chi connectivity index (χ3v) is 5.45. The molecule has 0 saturated heterocycles. The van der Waals surface area contributed by atoms with E-state index in [1.807, 2.05) is 0 Å². The Labute approximate surface area is 176 Å². The molecule has 168 valence electrons. The number of nitrogens with one attached hydrogen (secondary N) is 2. The molecular weight excluding hydrogens is 418 g/mol. The Morgan fingerprint density at radius 3 is 2.68 bits per heavy atom. The molecule has 1 atom stereocenters. The van der Waals surface area contributed by atoms with Gasteiger partial charge < -0.3 is 21.5 Å². The molecule has 8 nitrogen and oxygen atoms in total. The summed E-state index contributed by atoms with van der Waals surface area (Å²) in [7, 11) is 0. The van der Waals surface area contributed by atoms with Crippen LogP contribution in [0.15, 0.2) is 24.5 Å². The maximum atomic E-state index is 13.4. The summed E-state index contributed by atoms with van der Waals surface area (Å²) in [6.07, 6.45) is -1.11. The molecule has 5 N–H and O–H groups in total. The van der Waals surface area contributed by atoms with Crippen LogP contribution in [0.1, 0.15) is 43.9 Å². The van der Waals surface area contributed by atoms with Gasteiger partial charge in [0.15, 0.2) is 5.82 Å². The van der Waals surface area contributed by atoms with Gasteiger partial charge in [-0.15, -0.1) is 0 Å². The highest BCUT2D eigenvalue weighted by Gasteiger charge is 2.39. The molecule has 1 fully saturated rings. The number of pyridine rings is 1. The molecule has 2 heterocycles. The lowest BCUT2D eigenvalue weighted by atomic mass is 9.77. The number of aliphatic hydroxyl groups excluding tert-OH is 1. The van der Waals surface area contributed by atoms with Crippen LogP contribution in [0.5, 0.6) is 0 Å². The van der Waals surface area contributed by atoms with Gasteiger partial charge in [-0.05, 0) is 31.7 Å². The maximum Gasteiger partial charge on any atom is 0.401 e. The zero-order valence-corrected chi connectivity index (χ0v) is 16.5. The van der Waals surface area contributed by atoms with Crippen molar-refractivity contribution in [2.75, 3.05) is 11.9 Å². The summed E-state index contributed by atoms with van der Waals surface area (Å²) < 4.78 is 52.4. The minimum absolute atomic E-state index is 0.0874. The second-order valence-corrected chi connectivity index (χ2v) is 7.64. The molecule has 3 rings (SSSR count). The predicted molar refractivity (Wildman–Crippen MR) is 103 cm³/mol. The van der Waals surface area contributed by atoms with Crippen molar-refractivity contribution < 1.29 is 22.7 Å². The van der Waals surface area contributed by atoms with Gasteiger partial charge in [0.05, 0.1) is 30.1 Å². The van der Waals surface area contributed by atoms with E-state index in [1.165, 1.54) is 18.5 Å². The third-order valence-electron chi connectivity index (χ3n) is 5.45. The van der Waals surface area contributed by atoms with E-state index < -0.39 is 30.4 Å². The first kappa shape index (κ1) is 22.9. The average molecular weight is 441 g/mol. The summed E-state index contributed by atoms with van der Waals surface area (Å²) in [4.78, 5) is 3.47. The van der Waals surface area contributed by atoms with Gasteiger partial charge in [0, 0.05) is 30.2 Å². The zero-order chi connectivity index (χ0) is 22.6. The van der Waals surface area contributed by atoms with Crippen molar-refractivity contribution in [3.05, 3.63) is 36.0 Å². The van der Waals surface area contributed by atoms with Crippen LogP contribution in [0.3, 0.4) is 0 Å². The summed E-state index contributed by atoms with van der Waals surface area (Å²) >= 11 is 0. The highest BCUT2D eigenvalue weighted by Crippen LogP contribution is 2.39. The van der Waals surface area contributed by atoms with Crippen LogP contribution in [-0.2, 0) is 5.54 Å². The first-order valence-corrected chi connectivity index (χ1v) is 9.71. The van der Waals surface area contributed by atoms with Crippen LogP contribution in [0, 0.1) is 17.3 Å². The highest BCUT2D eigenvalue weighted by atomic mass is 19.4. The molecular formula is C19H23F4N7O. The van der Waals surface area contributed by atoms with Gasteiger partial charge in [-0.1, -0.05) is 0 Å². The van der Waals surface area contributed by atoms with Gasteiger partial charge >= 0.3 is 6.18 Å². The Kier molecular flexibility index (Phi) is 6.78. The zero-order valence-electron chi connectivity index (χ0n) is 16.5. The van der Waals surface area contributed by atoms with Crippen LogP contribution < -0.4 is 16.4 Å². The van der Waals surface area contributed by atoms with Gasteiger partial charge in [0.2, 0.25) is 5.95 Å². The number of hydrogen-bond donors (Lipinski definition) is 4. The number of hydrogen-bond acceptors (Lipinski definition) is 7. The molecule has 31 heavy (non-hydrogen) atoms. The van der Waals surface area contributed by atoms with Gasteiger partial charge in [-0.25, -0.2) is 4.98 Å². The van der Waals surface area contributed by atoms with Gasteiger partial charge in [-0.3, -0.25) is 4.68 Å². The number of anilines is 2. The molecule has 2 aromatic rings. The molecule has 0 spiro atoms. The molecule has 0 aliphatic heterocycles. The topological polar surface area (TPSA) is 125 Å². The lowest BCUT2D eigenvalue weighted by Gasteiger charge is -2.39. The van der Waals surface area contributed by atoms with E-state index in [0.29, 0.717) is 31.4 Å². The molecule has 1 aliphatic rings. The molecule has 1 aliphatic carbocycles. The molecule has 1 unspecified atom stereocenters. The van der Waals surface area contributed by atoms with E-state index in [0.717, 1.165) is 6.07 Å². The normalized spacial score (nSPS) is 22.7. The van der Waals surface area contributed by atoms with Crippen molar-refractivity contribution in [3.63, 3.8) is 0 Å². The Hall–Kier alpha value is -2.75. The smallest absolute Gasteiger partial charge is 0.374 e. The predicted octanol–water partition coefficient (Wildman–Crippen LogP) is 2.81. The van der Waals surface area contributed by atoms with E-state index in [9.17, 15) is 27.9 Å². The molecule has 2 aromatic heterocycles. The summed E-state index contributed by atoms with van der Waals surface area (Å²) in [5.74, 6) is -0.514. The van der Waals surface area contributed by atoms with Crippen LogP contribution in [0.25, 0.3) is 0 Å². The summed E-state index contributed by atoms with van der Waals surface area (Å²) in [6.45, 7) is -1.06. The van der Waals surface area contributed by atoms with Crippen molar-refractivity contribution in [1.82, 2.24) is 20.1 Å². The lowest BCUT2D eigenvalue weighted by Crippen LogP contribution is -2.45. The minimum atomic E-state index is -4.29. The van der Waals surface area contributed by atoms with E-state index in [2.05, 4.69) is 26.8 Å². The number of alkyl halides is 3. The largest absolute Gasteiger partial charge is 0.401 e. The van der Waals surface area contributed by atoms with Crippen molar-refractivity contribution in [2.24, 2.45) is 5.73 Å². The first-order chi connectivity index (χ1) is 14.6. The summed E-state index contributed by atoms with van der Waals surface area (Å²) in [6, 6.07) is 4.47. The van der Waals surface area contributed by atoms with Crippen LogP contribution in [-0.4, -0.2) is 38.6 Å². The fourth-order valence-corrected chi connectivity index (χ4v) is 3.81. The van der Waals surface area contributed by atoms with E-state index in [-0.39, 0.29) is 23.8 Å². The van der Waals surface area contributed by atoms with Crippen LogP contribution in [0.4, 0.5) is 29.1 Å². The molecule has 12 heteroatoms. The van der Waals surface area contributed by atoms with Gasteiger partial charge in [0.1, 0.15) is 6.23 Å². The van der Waals surface area contributed by atoms with Gasteiger partial charge in [0.25, 0.3) is 0 Å². The number of nitrogens with zero attached hydrogens (tertiary/aromatic N) is 4. The van der Waals surface area contributed by atoms with Crippen LogP contribution >= 0.6 is 0 Å². The molecule has 0 bridgehead atoms. The molecule has 0 amide bonds. The molecule has 1 saturated carbocycles. The monoisotopic (exact) mass is 441 g/mol. The summed E-state index contributed by atoms with van der Waals surface area (Å²) in [5.41, 5.74) is 5.49. The second kappa shape index (κ2) is 9.17. The standard InChI is InChI=1S/C19H23F4N7O/c20-15-9-13(3-8-26-15)28-17-14(16(25)31)10-30(29-17)18(6-7-24)4-1-12(2-5-18)27-11-19(21,22)23/h3,8-10,12,16,27,31H,1-2,4-6,11,25H2,(H,26,28,29). The quantitative estimate of drug-likeness (QED) is 0.296. The van der Waals surface area contributed by atoms with Crippen molar-refractivity contribution >= 4 is 11.5 Å². The lowest BCUT2D eigenvalue weighted by molar-refractivity contribution is -0.127. The molecule has 0 radical (unpaired) electrons. The fourth-order valence-electron chi connectivity index (χ4n) is 3.81. The Bertz CT molecular complexity index is 930. The third kappa shape index (κ3) is 5.69. The number of rotatable bonds is 7. The minimum Gasteiger partial charge on any atom is -0.374 e. The van der Waals surface area contributed by atoms with Crippen molar-refractivity contribution in [1.29, 1.82) is 5.26 Å². The van der Waals surface area contributed by atoms with E-state index in [4.69, 9.17) is 5.73 Å². The SMILES string of the molecule is N#CCC1(n2cc(C(N)O)c(Nc3ccnc(F)c3)n2)CCC(NCC(F)(F)F)CC1. The number of nitrogens with two attached hydrogens (primary N) is 1. The van der Waals surface area contributed by atoms with Gasteiger partial charge in [-0.2, -0.15) is 27.9 Å². The number of halogens is 4. The van der Waals surface area contributed by atoms with Crippen molar-refractivity contribution in [2.45, 2.75) is 56.1 Å². The Morgan fingerprint density at radius 1 is 1.39 bits per heavy atom. The Balaban J connectivity index is 1.82. The average Bonchev–Trinajstić information content (AvgIpc) is 3.12. The fraction of sp³-hybridized carbons (Fsp3) is 0.526. The number of aliphatic hydroxyl groups is 1. The summed E-state index contributed by atoms with van der Waals surface area (Å²) in [5, 5.41) is 29.2. The Morgan fingerprint density at radius 2 is 2.10 bits per heavy atom. The van der Waals surface area contributed by atoms with Crippen LogP contribution in [0.2, 0.25) is 0 Å². The number of nitriles is 1. The number of aromatic nitrogens is 3. The van der Waals surface area contributed by atoms with Crippen molar-refractivity contribution in [3.8, 4) is 6.07 Å². The maximum absolute atomic E-state index is 13.4. The first-order valence-electron chi connectivity index (χ1n) is 9.71. The molecule has 0 aromatic carbocycles. The second-order valence-electron chi connectivity index (χ2n) is 7.64. The highest BCUT2D eigenvalue weighted by molar-refractivity contribution is 5.58. The van der Waals surface area contributed by atoms with E-state index in [1.54, 1.807) is 4.68 Å².